The van der Waals surface area contributed by atoms with Crippen molar-refractivity contribution >= 4 is 45.6 Å². The number of esters is 1. The molecule has 0 bridgehead atoms. The van der Waals surface area contributed by atoms with Gasteiger partial charge in [0.2, 0.25) is 0 Å². The quantitative estimate of drug-likeness (QED) is 0.141. The molecule has 3 rings (SSSR count). The molecular weight excluding hydrogens is 530 g/mol. The summed E-state index contributed by atoms with van der Waals surface area (Å²) in [6, 6.07) is 16.7. The molecule has 9 nitrogen and oxygen atoms in total. The lowest BCUT2D eigenvalue weighted by atomic mass is 10.1. The number of benzene rings is 3. The summed E-state index contributed by atoms with van der Waals surface area (Å²) in [6.07, 6.45) is 2.13. The van der Waals surface area contributed by atoms with Crippen LogP contribution in [0.4, 0.5) is 5.69 Å². The Morgan fingerprint density at radius 2 is 1.58 bits per heavy atom. The molecule has 0 heterocycles. The lowest BCUT2D eigenvalue weighted by Gasteiger charge is -2.11. The smallest absolute Gasteiger partial charge is 0.343 e. The minimum Gasteiger partial charge on any atom is -0.493 e. The number of anilines is 1. The number of aryl methyl sites for hydroxylation is 1. The summed E-state index contributed by atoms with van der Waals surface area (Å²) in [5, 5.41) is 6.33. The first-order chi connectivity index (χ1) is 17.3. The van der Waals surface area contributed by atoms with Crippen LogP contribution in [0.1, 0.15) is 28.4 Å². The van der Waals surface area contributed by atoms with Gasteiger partial charge in [0.15, 0.2) is 11.5 Å². The van der Waals surface area contributed by atoms with Gasteiger partial charge in [0.1, 0.15) is 5.75 Å². The second-order valence-corrected chi connectivity index (χ2v) is 8.26. The molecule has 0 saturated heterocycles. The van der Waals surface area contributed by atoms with Crippen LogP contribution in [0.25, 0.3) is 0 Å². The summed E-state index contributed by atoms with van der Waals surface area (Å²) in [5.74, 6) is -1.41. The monoisotopic (exact) mass is 553 g/mol. The molecule has 0 fully saturated rings. The van der Waals surface area contributed by atoms with E-state index >= 15 is 0 Å². The summed E-state index contributed by atoms with van der Waals surface area (Å²) in [6.45, 7) is 2.02. The molecule has 0 saturated carbocycles. The van der Waals surface area contributed by atoms with E-state index in [-0.39, 0.29) is 11.3 Å². The van der Waals surface area contributed by atoms with Gasteiger partial charge in [-0.15, -0.1) is 0 Å². The maximum Gasteiger partial charge on any atom is 0.343 e. The molecule has 0 unspecified atom stereocenters. The average Bonchev–Trinajstić information content (AvgIpc) is 2.89. The minimum absolute atomic E-state index is 0.191. The SMILES string of the molecule is CCc1ccc(NC(=O)C(=O)N/N=C/c2cc(Br)ccc2OC(=O)c2ccc(OC)c(OC)c2)cc1. The van der Waals surface area contributed by atoms with Crippen LogP contribution in [-0.2, 0) is 16.0 Å². The minimum atomic E-state index is -0.954. The third-order valence-electron chi connectivity index (χ3n) is 4.99. The first kappa shape index (κ1) is 26.4. The number of carbonyl (C=O) groups is 3. The second-order valence-electron chi connectivity index (χ2n) is 7.35. The highest BCUT2D eigenvalue weighted by Gasteiger charge is 2.16. The van der Waals surface area contributed by atoms with E-state index in [0.717, 1.165) is 12.0 Å². The normalized spacial score (nSPS) is 10.6. The van der Waals surface area contributed by atoms with Crippen molar-refractivity contribution in [2.24, 2.45) is 5.10 Å². The summed E-state index contributed by atoms with van der Waals surface area (Å²) in [5.41, 5.74) is 4.40. The maximum absolute atomic E-state index is 12.7. The van der Waals surface area contributed by atoms with Gasteiger partial charge in [0.25, 0.3) is 0 Å². The maximum atomic E-state index is 12.7. The number of carbonyl (C=O) groups excluding carboxylic acids is 3. The highest BCUT2D eigenvalue weighted by atomic mass is 79.9. The number of halogens is 1. The first-order valence-corrected chi connectivity index (χ1v) is 11.6. The number of ether oxygens (including phenoxy) is 3. The van der Waals surface area contributed by atoms with Gasteiger partial charge >= 0.3 is 17.8 Å². The average molecular weight is 554 g/mol. The van der Waals surface area contributed by atoms with Crippen LogP contribution >= 0.6 is 15.9 Å². The largest absolute Gasteiger partial charge is 0.493 e. The van der Waals surface area contributed by atoms with Crippen LogP contribution < -0.4 is 25.0 Å². The van der Waals surface area contributed by atoms with Gasteiger partial charge in [-0.05, 0) is 60.5 Å². The van der Waals surface area contributed by atoms with E-state index in [1.54, 1.807) is 42.5 Å². The van der Waals surface area contributed by atoms with E-state index in [1.165, 1.54) is 26.5 Å². The first-order valence-electron chi connectivity index (χ1n) is 10.8. The van der Waals surface area contributed by atoms with Crippen molar-refractivity contribution in [1.82, 2.24) is 5.43 Å². The highest BCUT2D eigenvalue weighted by Crippen LogP contribution is 2.29. The molecule has 36 heavy (non-hydrogen) atoms. The molecular formula is C26H24BrN3O6. The zero-order valence-electron chi connectivity index (χ0n) is 19.8. The van der Waals surface area contributed by atoms with Gasteiger partial charge in [-0.25, -0.2) is 10.2 Å². The van der Waals surface area contributed by atoms with E-state index < -0.39 is 17.8 Å². The Morgan fingerprint density at radius 1 is 0.889 bits per heavy atom. The molecule has 0 spiro atoms. The molecule has 0 aromatic heterocycles. The third kappa shape index (κ3) is 6.92. The molecule has 0 aliphatic carbocycles. The van der Waals surface area contributed by atoms with E-state index in [4.69, 9.17) is 14.2 Å². The van der Waals surface area contributed by atoms with Crippen LogP contribution in [0.3, 0.4) is 0 Å². The van der Waals surface area contributed by atoms with Gasteiger partial charge in [-0.1, -0.05) is 35.0 Å². The van der Waals surface area contributed by atoms with Gasteiger partial charge in [-0.2, -0.15) is 5.10 Å². The van der Waals surface area contributed by atoms with Crippen LogP contribution in [0.5, 0.6) is 17.2 Å². The number of nitrogens with one attached hydrogen (secondary N) is 2. The zero-order chi connectivity index (χ0) is 26.1. The Hall–Kier alpha value is -4.18. The molecule has 0 aliphatic heterocycles. The van der Waals surface area contributed by atoms with Crippen molar-refractivity contribution in [2.45, 2.75) is 13.3 Å². The number of nitrogens with zero attached hydrogens (tertiary/aromatic N) is 1. The van der Waals surface area contributed by atoms with E-state index in [2.05, 4.69) is 31.8 Å². The van der Waals surface area contributed by atoms with E-state index in [0.29, 0.717) is 27.2 Å². The van der Waals surface area contributed by atoms with E-state index in [9.17, 15) is 14.4 Å². The van der Waals surface area contributed by atoms with Crippen LogP contribution in [0.15, 0.2) is 70.2 Å². The third-order valence-corrected chi connectivity index (χ3v) is 5.48. The standard InChI is InChI=1S/C26H24BrN3O6/c1-4-16-5-9-20(10-6-16)29-24(31)25(32)30-28-15-18-13-19(27)8-12-21(18)36-26(33)17-7-11-22(34-2)23(14-17)35-3/h5-15H,4H2,1-3H3,(H,29,31)(H,30,32)/b28-15+. The molecule has 2 amide bonds. The summed E-state index contributed by atoms with van der Waals surface area (Å²) in [4.78, 5) is 37.0. The zero-order valence-corrected chi connectivity index (χ0v) is 21.4. The van der Waals surface area contributed by atoms with Crippen molar-refractivity contribution in [3.63, 3.8) is 0 Å². The summed E-state index contributed by atoms with van der Waals surface area (Å²) in [7, 11) is 2.96. The lowest BCUT2D eigenvalue weighted by Crippen LogP contribution is -2.32. The molecule has 2 N–H and O–H groups in total. The van der Waals surface area contributed by atoms with E-state index in [1.807, 2.05) is 19.1 Å². The molecule has 10 heteroatoms. The number of amides is 2. The molecule has 0 aliphatic rings. The number of hydrazone groups is 1. The second kappa shape index (κ2) is 12.5. The Bertz CT molecular complexity index is 1290. The molecule has 0 atom stereocenters. The Balaban J connectivity index is 1.67. The van der Waals surface area contributed by atoms with Crippen molar-refractivity contribution < 1.29 is 28.6 Å². The van der Waals surface area contributed by atoms with Gasteiger partial charge < -0.3 is 19.5 Å². The van der Waals surface area contributed by atoms with Crippen molar-refractivity contribution in [2.75, 3.05) is 19.5 Å². The van der Waals surface area contributed by atoms with Gasteiger partial charge in [0, 0.05) is 15.7 Å². The van der Waals surface area contributed by atoms with Gasteiger partial charge in [-0.3, -0.25) is 9.59 Å². The Morgan fingerprint density at radius 3 is 2.25 bits per heavy atom. The van der Waals surface area contributed by atoms with Crippen LogP contribution in [0.2, 0.25) is 0 Å². The summed E-state index contributed by atoms with van der Waals surface area (Å²) >= 11 is 3.35. The summed E-state index contributed by atoms with van der Waals surface area (Å²) < 4.78 is 16.6. The number of hydrogen-bond acceptors (Lipinski definition) is 7. The number of rotatable bonds is 8. The Kier molecular flexibility index (Phi) is 9.18. The van der Waals surface area contributed by atoms with Gasteiger partial charge in [0.05, 0.1) is 26.0 Å². The van der Waals surface area contributed by atoms with Crippen LogP contribution in [0, 0.1) is 0 Å². The highest BCUT2D eigenvalue weighted by molar-refractivity contribution is 9.10. The fraction of sp³-hybridized carbons (Fsp3) is 0.154. The van der Waals surface area contributed by atoms with Crippen molar-refractivity contribution in [3.8, 4) is 17.2 Å². The molecule has 3 aromatic carbocycles. The number of hydrogen-bond donors (Lipinski definition) is 2. The predicted molar refractivity (Wildman–Crippen MR) is 139 cm³/mol. The molecule has 3 aromatic rings. The molecule has 186 valence electrons. The fourth-order valence-electron chi connectivity index (χ4n) is 3.06. The van der Waals surface area contributed by atoms with Crippen molar-refractivity contribution in [1.29, 1.82) is 0 Å². The van der Waals surface area contributed by atoms with Crippen LogP contribution in [-0.4, -0.2) is 38.2 Å². The number of methoxy groups -OCH3 is 2. The fourth-order valence-corrected chi connectivity index (χ4v) is 3.44. The lowest BCUT2D eigenvalue weighted by molar-refractivity contribution is -0.136. The van der Waals surface area contributed by atoms with Crippen molar-refractivity contribution in [3.05, 3.63) is 81.8 Å². The molecule has 0 radical (unpaired) electrons. The Labute approximate surface area is 216 Å². The predicted octanol–water partition coefficient (Wildman–Crippen LogP) is 4.34. The topological polar surface area (TPSA) is 115 Å².